The number of piperidine rings is 2. The highest BCUT2D eigenvalue weighted by molar-refractivity contribution is 5.94. The molecule has 0 spiro atoms. The van der Waals surface area contributed by atoms with Crippen molar-refractivity contribution in [2.45, 2.75) is 196 Å². The molecule has 73 heavy (non-hydrogen) atoms. The Labute approximate surface area is 442 Å². The van der Waals surface area contributed by atoms with Gasteiger partial charge in [0.25, 0.3) is 0 Å². The van der Waals surface area contributed by atoms with Crippen LogP contribution in [0.5, 0.6) is 0 Å². The van der Waals surface area contributed by atoms with Gasteiger partial charge in [0.1, 0.15) is 23.8 Å². The van der Waals surface area contributed by atoms with Crippen LogP contribution >= 0.6 is 12.4 Å². The van der Waals surface area contributed by atoms with Crippen molar-refractivity contribution in [3.63, 3.8) is 0 Å². The maximum Gasteiger partial charge on any atom is 0.414 e. The van der Waals surface area contributed by atoms with Crippen molar-refractivity contribution in [1.82, 2.24) is 20.4 Å². The van der Waals surface area contributed by atoms with Crippen molar-refractivity contribution in [3.05, 3.63) is 0 Å². The van der Waals surface area contributed by atoms with E-state index in [0.29, 0.717) is 50.6 Å². The van der Waals surface area contributed by atoms with Crippen LogP contribution in [0.25, 0.3) is 0 Å². The minimum atomic E-state index is -0.695. The maximum absolute atomic E-state index is 13.5. The molecule has 10 aliphatic rings. The Hall–Kier alpha value is -2.65. The molecule has 4 heterocycles. The first kappa shape index (κ1) is 56.6. The van der Waals surface area contributed by atoms with E-state index in [1.165, 1.54) is 0 Å². The average Bonchev–Trinajstić information content (AvgIpc) is 4.22. The Morgan fingerprint density at radius 2 is 0.959 bits per heavy atom. The zero-order chi connectivity index (χ0) is 52.1. The summed E-state index contributed by atoms with van der Waals surface area (Å²) in [5, 5.41) is 28.7. The van der Waals surface area contributed by atoms with Crippen LogP contribution in [0.1, 0.15) is 172 Å². The van der Waals surface area contributed by atoms with Crippen LogP contribution in [0.3, 0.4) is 0 Å². The summed E-state index contributed by atoms with van der Waals surface area (Å²) in [6, 6.07) is 0. The highest BCUT2D eigenvalue weighted by Crippen LogP contribution is 2.70. The van der Waals surface area contributed by atoms with Crippen molar-refractivity contribution in [2.24, 2.45) is 91.7 Å². The van der Waals surface area contributed by atoms with Gasteiger partial charge in [-0.3, -0.25) is 29.8 Å². The van der Waals surface area contributed by atoms with Crippen molar-refractivity contribution >= 4 is 48.0 Å². The number of rotatable bonds is 8. The summed E-state index contributed by atoms with van der Waals surface area (Å²) in [6.07, 6.45) is 9.23. The number of fused-ring (bicyclic) bond motifs is 4. The van der Waals surface area contributed by atoms with E-state index in [0.717, 1.165) is 103 Å². The Balaban J connectivity index is 0.000000192. The lowest BCUT2D eigenvalue weighted by molar-refractivity contribution is -0.199. The largest absolute Gasteiger partial charge is 0.445 e. The number of hydrogen-bond acceptors (Lipinski definition) is 12. The van der Waals surface area contributed by atoms with E-state index in [4.69, 9.17) is 9.47 Å². The minimum absolute atomic E-state index is 0. The highest BCUT2D eigenvalue weighted by atomic mass is 35.5. The molecule has 0 radical (unpaired) electrons. The number of carbonyl (C=O) groups is 6. The molecule has 4 N–H and O–H groups in total. The number of imide groups is 2. The number of halogens is 1. The fourth-order valence-corrected chi connectivity index (χ4v) is 19.2. The van der Waals surface area contributed by atoms with E-state index in [-0.39, 0.29) is 94.0 Å². The molecule has 22 atom stereocenters. The summed E-state index contributed by atoms with van der Waals surface area (Å²) in [5.41, 5.74) is -2.48. The standard InChI is InChI=1S/2C29H46N2O5.ClH/c2*1-6-10-27(4)14-22(36-26(35)30-25(34)20-16-31-13-9-19(20)15-31)28(5)17(2)7-11-29(18(3)24(27)33)12-8-21(32)23(28)29;/h2*17-20,22-24,33H,6-16H2,1-5H3,(H,30,34,35);1H/t2*17-,18+,19-,20+,22-,23?,24+,27-,28+,29?;/m11./s1. The SMILES string of the molecule is CCC[C@]1(C)C[C@@H](OC(=O)NC(=O)[C@H]2CN3CC[C@@H]2C3)[C@@]2(C)C3C(=O)CCC3(CC[C@H]2C)[C@@H](C)[C@@H]1O.CCC[C@]1(C)C[C@@H](OC(=O)NC(=O)[C@H]2CN3CC[C@@H]2C3)[C@@]2(C)C3C(=O)CCC3(CC[C@H]2C)[C@@H](C)[C@@H]1O.Cl. The Morgan fingerprint density at radius 1 is 0.589 bits per heavy atom. The van der Waals surface area contributed by atoms with Gasteiger partial charge in [0.05, 0.1) is 24.0 Å². The molecule has 10 fully saturated rings. The number of alkyl carbamates (subject to hydrolysis) is 2. The summed E-state index contributed by atoms with van der Waals surface area (Å²) in [4.78, 5) is 84.1. The highest BCUT2D eigenvalue weighted by Gasteiger charge is 2.70. The summed E-state index contributed by atoms with van der Waals surface area (Å²) in [5.74, 6) is 0.243. The van der Waals surface area contributed by atoms with Gasteiger partial charge in [-0.25, -0.2) is 9.59 Å². The summed E-state index contributed by atoms with van der Waals surface area (Å²) < 4.78 is 12.5. The lowest BCUT2D eigenvalue weighted by Crippen LogP contribution is -2.63. The molecule has 4 amide bonds. The zero-order valence-electron chi connectivity index (χ0n) is 46.1. The third kappa shape index (κ3) is 9.16. The third-order valence-corrected chi connectivity index (χ3v) is 23.7. The summed E-state index contributed by atoms with van der Waals surface area (Å²) in [6.45, 7) is 26.8. The summed E-state index contributed by atoms with van der Waals surface area (Å²) >= 11 is 0. The lowest BCUT2D eigenvalue weighted by atomic mass is 9.43. The van der Waals surface area contributed by atoms with Crippen LogP contribution in [0.15, 0.2) is 0 Å². The number of ether oxygens (including phenoxy) is 2. The lowest BCUT2D eigenvalue weighted by Gasteiger charge is -2.62. The average molecular weight is 1040 g/mol. The second-order valence-electron chi connectivity index (χ2n) is 27.2. The van der Waals surface area contributed by atoms with Gasteiger partial charge in [0, 0.05) is 61.7 Å². The van der Waals surface area contributed by atoms with E-state index < -0.39 is 58.3 Å². The van der Waals surface area contributed by atoms with E-state index in [2.05, 4.69) is 89.7 Å². The van der Waals surface area contributed by atoms with Gasteiger partial charge >= 0.3 is 12.2 Å². The first-order valence-electron chi connectivity index (χ1n) is 28.8. The third-order valence-electron chi connectivity index (χ3n) is 23.7. The van der Waals surface area contributed by atoms with Gasteiger partial charge in [0.2, 0.25) is 11.8 Å². The van der Waals surface area contributed by atoms with Crippen molar-refractivity contribution in [1.29, 1.82) is 0 Å². The Bertz CT molecular complexity index is 2000. The van der Waals surface area contributed by atoms with Crippen LogP contribution < -0.4 is 10.6 Å². The van der Waals surface area contributed by atoms with E-state index in [9.17, 15) is 39.0 Å². The molecule has 6 aliphatic carbocycles. The predicted octanol–water partition coefficient (Wildman–Crippen LogP) is 8.76. The molecule has 14 nitrogen and oxygen atoms in total. The Kier molecular flexibility index (Phi) is 16.0. The van der Waals surface area contributed by atoms with Gasteiger partial charge in [-0.2, -0.15) is 0 Å². The van der Waals surface area contributed by atoms with Crippen molar-refractivity contribution in [2.75, 3.05) is 39.3 Å². The number of nitrogens with one attached hydrogen (secondary N) is 2. The van der Waals surface area contributed by atoms with Gasteiger partial charge in [-0.05, 0) is 147 Å². The van der Waals surface area contributed by atoms with Gasteiger partial charge in [-0.15, -0.1) is 12.4 Å². The molecule has 6 unspecified atom stereocenters. The molecule has 4 aliphatic heterocycles. The molecule has 4 saturated heterocycles. The molecular weight excluding hydrogens is 948 g/mol. The number of ketones is 2. The molecule has 15 heteroatoms. The minimum Gasteiger partial charge on any atom is -0.445 e. The van der Waals surface area contributed by atoms with Crippen LogP contribution in [0.4, 0.5) is 9.59 Å². The van der Waals surface area contributed by atoms with E-state index in [1.807, 2.05) is 0 Å². The predicted molar refractivity (Wildman–Crippen MR) is 279 cm³/mol. The molecule has 10 rings (SSSR count). The molecule has 0 aromatic rings. The molecule has 0 aromatic heterocycles. The number of aliphatic hydroxyl groups is 2. The first-order valence-corrected chi connectivity index (χ1v) is 28.8. The Morgan fingerprint density at radius 3 is 1.27 bits per heavy atom. The van der Waals surface area contributed by atoms with Crippen molar-refractivity contribution < 1.29 is 48.5 Å². The first-order chi connectivity index (χ1) is 33.9. The smallest absolute Gasteiger partial charge is 0.414 e. The number of hydrogen-bond donors (Lipinski definition) is 4. The van der Waals surface area contributed by atoms with Crippen LogP contribution in [0.2, 0.25) is 0 Å². The number of aliphatic hydroxyl groups excluding tert-OH is 2. The molecular formula is C58H93ClN4O10. The number of Topliss-reactive ketones (excluding diaryl/α,β-unsaturated/α-hetero) is 2. The van der Waals surface area contributed by atoms with E-state index in [1.54, 1.807) is 0 Å². The number of nitrogens with zero attached hydrogens (tertiary/aromatic N) is 2. The quantitative estimate of drug-likeness (QED) is 0.181. The number of carbonyl (C=O) groups excluding carboxylic acids is 6. The molecule has 8 bridgehead atoms. The normalized spacial score (nSPS) is 49.1. The van der Waals surface area contributed by atoms with Gasteiger partial charge in [-0.1, -0.05) is 82.1 Å². The van der Waals surface area contributed by atoms with Gasteiger partial charge in [0.15, 0.2) is 0 Å². The molecule has 0 aromatic carbocycles. The number of amides is 4. The summed E-state index contributed by atoms with van der Waals surface area (Å²) in [7, 11) is 0. The monoisotopic (exact) mass is 1040 g/mol. The molecule has 412 valence electrons. The molecule has 6 saturated carbocycles. The second kappa shape index (κ2) is 20.6. The fraction of sp³-hybridized carbons (Fsp3) is 0.897. The maximum atomic E-state index is 13.5. The van der Waals surface area contributed by atoms with Gasteiger partial charge < -0.3 is 29.5 Å². The second-order valence-corrected chi connectivity index (χ2v) is 27.2. The topological polar surface area (TPSA) is 192 Å². The van der Waals surface area contributed by atoms with Crippen LogP contribution in [0, 0.1) is 91.7 Å². The van der Waals surface area contributed by atoms with Crippen LogP contribution in [-0.4, -0.2) is 119 Å². The van der Waals surface area contributed by atoms with Crippen LogP contribution in [-0.2, 0) is 28.7 Å². The van der Waals surface area contributed by atoms with Crippen molar-refractivity contribution in [3.8, 4) is 0 Å². The van der Waals surface area contributed by atoms with E-state index >= 15 is 0 Å². The zero-order valence-corrected chi connectivity index (χ0v) is 46.9. The fourth-order valence-electron chi connectivity index (χ4n) is 19.2.